The summed E-state index contributed by atoms with van der Waals surface area (Å²) < 4.78 is 0. The van der Waals surface area contributed by atoms with Crippen LogP contribution in [-0.4, -0.2) is 16.2 Å². The number of nitrogens with one attached hydrogen (secondary N) is 2. The number of hydrazone groups is 1. The Morgan fingerprint density at radius 2 is 1.73 bits per heavy atom. The molecular formula is C18H14N4. The van der Waals surface area contributed by atoms with E-state index in [0.29, 0.717) is 0 Å². The number of benzene rings is 2. The first kappa shape index (κ1) is 12.6. The molecular weight excluding hydrogens is 272 g/mol. The van der Waals surface area contributed by atoms with Crippen molar-refractivity contribution in [3.63, 3.8) is 0 Å². The Morgan fingerprint density at radius 3 is 2.64 bits per heavy atom. The SMILES string of the molecule is C(=NNc1ccccc1)c1cc2c(cn1)[nH]c1ccccc12. The highest BCUT2D eigenvalue weighted by atomic mass is 15.3. The summed E-state index contributed by atoms with van der Waals surface area (Å²) in [7, 11) is 0. The number of anilines is 1. The van der Waals surface area contributed by atoms with Crippen LogP contribution in [0.4, 0.5) is 5.69 Å². The Labute approximate surface area is 127 Å². The van der Waals surface area contributed by atoms with Crippen LogP contribution < -0.4 is 5.43 Å². The molecule has 2 aromatic carbocycles. The molecule has 0 aliphatic rings. The Hall–Kier alpha value is -3.14. The Bertz CT molecular complexity index is 955. The fourth-order valence-corrected chi connectivity index (χ4v) is 2.52. The van der Waals surface area contributed by atoms with Crippen LogP contribution in [0.2, 0.25) is 0 Å². The van der Waals surface area contributed by atoms with Gasteiger partial charge in [0.1, 0.15) is 0 Å². The lowest BCUT2D eigenvalue weighted by Crippen LogP contribution is -1.92. The van der Waals surface area contributed by atoms with Crippen molar-refractivity contribution in [3.8, 4) is 0 Å². The predicted octanol–water partition coefficient (Wildman–Crippen LogP) is 4.16. The average Bonchev–Trinajstić information content (AvgIpc) is 2.94. The van der Waals surface area contributed by atoms with E-state index < -0.39 is 0 Å². The Kier molecular flexibility index (Phi) is 3.05. The van der Waals surface area contributed by atoms with E-state index in [9.17, 15) is 0 Å². The number of hydrogen-bond donors (Lipinski definition) is 2. The van der Waals surface area contributed by atoms with E-state index in [1.807, 2.05) is 54.7 Å². The maximum absolute atomic E-state index is 4.41. The molecule has 0 saturated heterocycles. The van der Waals surface area contributed by atoms with Crippen molar-refractivity contribution in [2.75, 3.05) is 5.43 Å². The molecule has 0 atom stereocenters. The van der Waals surface area contributed by atoms with Crippen LogP contribution in [0.3, 0.4) is 0 Å². The fraction of sp³-hybridized carbons (Fsp3) is 0. The first-order valence-electron chi connectivity index (χ1n) is 7.11. The van der Waals surface area contributed by atoms with Gasteiger partial charge in [0.05, 0.1) is 29.3 Å². The average molecular weight is 286 g/mol. The molecule has 0 spiro atoms. The van der Waals surface area contributed by atoms with Crippen LogP contribution in [0.1, 0.15) is 5.69 Å². The third-order valence-corrected chi connectivity index (χ3v) is 3.58. The van der Waals surface area contributed by atoms with Gasteiger partial charge in [-0.25, -0.2) is 0 Å². The quantitative estimate of drug-likeness (QED) is 0.439. The molecule has 0 aliphatic heterocycles. The summed E-state index contributed by atoms with van der Waals surface area (Å²) in [5.74, 6) is 0. The van der Waals surface area contributed by atoms with E-state index in [-0.39, 0.29) is 0 Å². The monoisotopic (exact) mass is 286 g/mol. The number of hydrogen-bond acceptors (Lipinski definition) is 3. The maximum Gasteiger partial charge on any atom is 0.0838 e. The second kappa shape index (κ2) is 5.33. The van der Waals surface area contributed by atoms with Crippen LogP contribution in [-0.2, 0) is 0 Å². The molecule has 2 aromatic heterocycles. The molecule has 4 heteroatoms. The molecule has 106 valence electrons. The number of fused-ring (bicyclic) bond motifs is 3. The van der Waals surface area contributed by atoms with Crippen LogP contribution in [0.5, 0.6) is 0 Å². The van der Waals surface area contributed by atoms with Crippen LogP contribution >= 0.6 is 0 Å². The normalized spacial score (nSPS) is 11.5. The number of H-pyrrole nitrogens is 1. The summed E-state index contributed by atoms with van der Waals surface area (Å²) in [6, 6.07) is 20.1. The lowest BCUT2D eigenvalue weighted by molar-refractivity contribution is 1.29. The van der Waals surface area contributed by atoms with Crippen molar-refractivity contribution in [1.82, 2.24) is 9.97 Å². The molecule has 22 heavy (non-hydrogen) atoms. The first-order chi connectivity index (χ1) is 10.9. The van der Waals surface area contributed by atoms with Crippen molar-refractivity contribution in [3.05, 3.63) is 72.6 Å². The number of para-hydroxylation sites is 2. The van der Waals surface area contributed by atoms with Gasteiger partial charge in [0.15, 0.2) is 0 Å². The molecule has 4 aromatic rings. The molecule has 0 bridgehead atoms. The van der Waals surface area contributed by atoms with Crippen LogP contribution in [0.15, 0.2) is 72.0 Å². The summed E-state index contributed by atoms with van der Waals surface area (Å²) in [4.78, 5) is 7.78. The van der Waals surface area contributed by atoms with Gasteiger partial charge >= 0.3 is 0 Å². The van der Waals surface area contributed by atoms with Crippen LogP contribution in [0.25, 0.3) is 21.8 Å². The molecule has 2 N–H and O–H groups in total. The third-order valence-electron chi connectivity index (χ3n) is 3.58. The molecule has 4 nitrogen and oxygen atoms in total. The second-order valence-electron chi connectivity index (χ2n) is 5.06. The van der Waals surface area contributed by atoms with E-state index in [1.54, 1.807) is 6.21 Å². The highest BCUT2D eigenvalue weighted by molar-refractivity contribution is 6.08. The van der Waals surface area contributed by atoms with E-state index in [2.05, 4.69) is 32.6 Å². The molecule has 0 fully saturated rings. The largest absolute Gasteiger partial charge is 0.353 e. The minimum atomic E-state index is 0.820. The Morgan fingerprint density at radius 1 is 0.909 bits per heavy atom. The lowest BCUT2D eigenvalue weighted by Gasteiger charge is -1.98. The van der Waals surface area contributed by atoms with Gasteiger partial charge in [0.2, 0.25) is 0 Å². The topological polar surface area (TPSA) is 53.1 Å². The van der Waals surface area contributed by atoms with Gasteiger partial charge in [-0.2, -0.15) is 5.10 Å². The zero-order valence-corrected chi connectivity index (χ0v) is 11.8. The fourth-order valence-electron chi connectivity index (χ4n) is 2.52. The van der Waals surface area contributed by atoms with Crippen molar-refractivity contribution in [2.24, 2.45) is 5.10 Å². The van der Waals surface area contributed by atoms with Gasteiger partial charge in [-0.3, -0.25) is 10.4 Å². The summed E-state index contributed by atoms with van der Waals surface area (Å²) in [6.45, 7) is 0. The van der Waals surface area contributed by atoms with Gasteiger partial charge in [-0.1, -0.05) is 36.4 Å². The van der Waals surface area contributed by atoms with Crippen LogP contribution in [0, 0.1) is 0 Å². The predicted molar refractivity (Wildman–Crippen MR) is 91.3 cm³/mol. The highest BCUT2D eigenvalue weighted by Gasteiger charge is 2.04. The number of aromatic amines is 1. The zero-order chi connectivity index (χ0) is 14.8. The second-order valence-corrected chi connectivity index (χ2v) is 5.06. The molecule has 2 heterocycles. The van der Waals surface area contributed by atoms with Crippen molar-refractivity contribution in [1.29, 1.82) is 0 Å². The minimum Gasteiger partial charge on any atom is -0.353 e. The standard InChI is InChI=1S/C18H14N4/c1-2-6-13(7-3-1)22-20-11-14-10-16-15-8-4-5-9-17(15)21-18(16)12-19-14/h1-12,21-22H. The first-order valence-corrected chi connectivity index (χ1v) is 7.11. The van der Waals surface area contributed by atoms with Gasteiger partial charge in [-0.15, -0.1) is 0 Å². The molecule has 0 unspecified atom stereocenters. The lowest BCUT2D eigenvalue weighted by atomic mass is 10.2. The summed E-state index contributed by atoms with van der Waals surface area (Å²) in [5, 5.41) is 6.59. The summed E-state index contributed by atoms with van der Waals surface area (Å²) in [6.07, 6.45) is 3.58. The van der Waals surface area contributed by atoms with Gasteiger partial charge in [-0.05, 0) is 24.3 Å². The number of nitrogens with zero attached hydrogens (tertiary/aromatic N) is 2. The maximum atomic E-state index is 4.41. The number of rotatable bonds is 3. The molecule has 0 amide bonds. The molecule has 0 saturated carbocycles. The van der Waals surface area contributed by atoms with E-state index in [1.165, 1.54) is 5.39 Å². The van der Waals surface area contributed by atoms with E-state index >= 15 is 0 Å². The van der Waals surface area contributed by atoms with Gasteiger partial charge in [0.25, 0.3) is 0 Å². The Balaban J connectivity index is 1.66. The molecule has 0 radical (unpaired) electrons. The minimum absolute atomic E-state index is 0.820. The van der Waals surface area contributed by atoms with Gasteiger partial charge < -0.3 is 4.98 Å². The van der Waals surface area contributed by atoms with Crippen molar-refractivity contribution >= 4 is 33.7 Å². The smallest absolute Gasteiger partial charge is 0.0838 e. The third kappa shape index (κ3) is 2.31. The zero-order valence-electron chi connectivity index (χ0n) is 11.8. The van der Waals surface area contributed by atoms with Gasteiger partial charge in [0, 0.05) is 16.3 Å². The van der Waals surface area contributed by atoms with Crippen molar-refractivity contribution < 1.29 is 0 Å². The van der Waals surface area contributed by atoms with E-state index in [4.69, 9.17) is 0 Å². The number of aromatic nitrogens is 2. The molecule has 4 rings (SSSR count). The van der Waals surface area contributed by atoms with E-state index in [0.717, 1.165) is 27.8 Å². The number of pyridine rings is 1. The summed E-state index contributed by atoms with van der Waals surface area (Å²) >= 11 is 0. The summed E-state index contributed by atoms with van der Waals surface area (Å²) in [5.41, 5.74) is 6.92. The molecule has 0 aliphatic carbocycles. The van der Waals surface area contributed by atoms with Crippen molar-refractivity contribution in [2.45, 2.75) is 0 Å². The highest BCUT2D eigenvalue weighted by Crippen LogP contribution is 2.24.